The second-order valence-electron chi connectivity index (χ2n) is 7.70. The van der Waals surface area contributed by atoms with E-state index in [2.05, 4.69) is 53.0 Å². The standard InChI is InChI=1S/C21H25N3O2/c1-13-6-4-5-7-16(13)19-18-12-24(11-15(18)10-23(19)3)20-17(21(25)26)9-8-14(2)22-20/h4-9,15,18-19H,10-12H2,1-3H3,(H,25,26)/t15-,18+,19+/m0/s1. The lowest BCUT2D eigenvalue weighted by Crippen LogP contribution is -2.30. The monoisotopic (exact) mass is 351 g/mol. The number of carbonyl (C=O) groups is 1. The predicted molar refractivity (Wildman–Crippen MR) is 102 cm³/mol. The third-order valence-corrected chi connectivity index (χ3v) is 5.95. The summed E-state index contributed by atoms with van der Waals surface area (Å²) in [6, 6.07) is 12.4. The Morgan fingerprint density at radius 3 is 2.62 bits per heavy atom. The van der Waals surface area contributed by atoms with Gasteiger partial charge in [-0.2, -0.15) is 0 Å². The molecule has 5 heteroatoms. The van der Waals surface area contributed by atoms with E-state index < -0.39 is 5.97 Å². The summed E-state index contributed by atoms with van der Waals surface area (Å²) in [5.41, 5.74) is 3.87. The fourth-order valence-corrected chi connectivity index (χ4v) is 4.77. The Morgan fingerprint density at radius 2 is 1.88 bits per heavy atom. The van der Waals surface area contributed by atoms with Gasteiger partial charge in [0.05, 0.1) is 0 Å². The molecule has 0 aliphatic carbocycles. The maximum Gasteiger partial charge on any atom is 0.339 e. The highest BCUT2D eigenvalue weighted by Gasteiger charge is 2.47. The zero-order chi connectivity index (χ0) is 18.4. The number of likely N-dealkylation sites (tertiary alicyclic amines) is 1. The molecule has 5 nitrogen and oxygen atoms in total. The Labute approximate surface area is 154 Å². The number of aromatic nitrogens is 1. The van der Waals surface area contributed by atoms with Gasteiger partial charge in [0.1, 0.15) is 11.4 Å². The van der Waals surface area contributed by atoms with E-state index in [1.807, 2.05) is 6.92 Å². The van der Waals surface area contributed by atoms with Crippen molar-refractivity contribution in [1.29, 1.82) is 0 Å². The van der Waals surface area contributed by atoms with Crippen LogP contribution >= 0.6 is 0 Å². The van der Waals surface area contributed by atoms with E-state index in [-0.39, 0.29) is 0 Å². The topological polar surface area (TPSA) is 56.7 Å². The molecule has 0 radical (unpaired) electrons. The quantitative estimate of drug-likeness (QED) is 0.921. The molecule has 2 aliphatic rings. The number of aromatic carboxylic acids is 1. The SMILES string of the molecule is Cc1ccc(C(=O)O)c(N2C[C@@H]3CN(C)[C@H](c4ccccc4C)[C@@H]3C2)n1. The van der Waals surface area contributed by atoms with Crippen LogP contribution in [0.3, 0.4) is 0 Å². The van der Waals surface area contributed by atoms with Gasteiger partial charge < -0.3 is 10.0 Å². The summed E-state index contributed by atoms with van der Waals surface area (Å²) in [7, 11) is 2.20. The molecule has 1 aromatic heterocycles. The van der Waals surface area contributed by atoms with Crippen LogP contribution in [0.15, 0.2) is 36.4 Å². The Bertz CT molecular complexity index is 851. The van der Waals surface area contributed by atoms with Crippen molar-refractivity contribution in [2.45, 2.75) is 19.9 Å². The molecule has 0 amide bonds. The number of aryl methyl sites for hydroxylation is 2. The van der Waals surface area contributed by atoms with Crippen molar-refractivity contribution in [2.75, 3.05) is 31.6 Å². The molecule has 2 aliphatic heterocycles. The van der Waals surface area contributed by atoms with Gasteiger partial charge in [0.25, 0.3) is 0 Å². The van der Waals surface area contributed by atoms with Gasteiger partial charge in [-0.1, -0.05) is 24.3 Å². The molecule has 2 aromatic rings. The molecule has 1 N–H and O–H groups in total. The van der Waals surface area contributed by atoms with Crippen molar-refractivity contribution in [2.24, 2.45) is 11.8 Å². The maximum absolute atomic E-state index is 11.6. The van der Waals surface area contributed by atoms with Crippen LogP contribution in [0.4, 0.5) is 5.82 Å². The maximum atomic E-state index is 11.6. The van der Waals surface area contributed by atoms with E-state index in [9.17, 15) is 9.90 Å². The Kier molecular flexibility index (Phi) is 4.19. The Balaban J connectivity index is 1.66. The summed E-state index contributed by atoms with van der Waals surface area (Å²) in [6.07, 6.45) is 0. The largest absolute Gasteiger partial charge is 0.478 e. The van der Waals surface area contributed by atoms with Crippen LogP contribution in [0, 0.1) is 25.7 Å². The normalized spacial score (nSPS) is 25.5. The molecule has 1 aromatic carbocycles. The molecule has 2 saturated heterocycles. The number of fused-ring (bicyclic) bond motifs is 1. The molecular weight excluding hydrogens is 326 g/mol. The summed E-state index contributed by atoms with van der Waals surface area (Å²) in [5.74, 6) is 0.744. The lowest BCUT2D eigenvalue weighted by Gasteiger charge is -2.28. The Hall–Kier alpha value is -2.40. The third kappa shape index (κ3) is 2.76. The van der Waals surface area contributed by atoms with Gasteiger partial charge in [0, 0.05) is 37.3 Å². The van der Waals surface area contributed by atoms with Crippen LogP contribution in [-0.2, 0) is 0 Å². The van der Waals surface area contributed by atoms with Crippen LogP contribution in [-0.4, -0.2) is 47.6 Å². The summed E-state index contributed by atoms with van der Waals surface area (Å²) in [5, 5.41) is 9.55. The van der Waals surface area contributed by atoms with E-state index in [0.29, 0.717) is 29.3 Å². The summed E-state index contributed by atoms with van der Waals surface area (Å²) < 4.78 is 0. The zero-order valence-corrected chi connectivity index (χ0v) is 15.5. The van der Waals surface area contributed by atoms with Crippen LogP contribution in [0.1, 0.15) is 33.2 Å². The average Bonchev–Trinajstić information content (AvgIpc) is 3.12. The number of benzene rings is 1. The number of pyridine rings is 1. The molecule has 0 bridgehead atoms. The van der Waals surface area contributed by atoms with Crippen molar-refractivity contribution in [1.82, 2.24) is 9.88 Å². The minimum absolute atomic E-state index is 0.302. The third-order valence-electron chi connectivity index (χ3n) is 5.95. The highest BCUT2D eigenvalue weighted by atomic mass is 16.4. The number of hydrogen-bond donors (Lipinski definition) is 1. The minimum atomic E-state index is -0.905. The van der Waals surface area contributed by atoms with Crippen LogP contribution < -0.4 is 4.90 Å². The van der Waals surface area contributed by atoms with E-state index in [1.165, 1.54) is 11.1 Å². The van der Waals surface area contributed by atoms with E-state index >= 15 is 0 Å². The van der Waals surface area contributed by atoms with Crippen LogP contribution in [0.2, 0.25) is 0 Å². The van der Waals surface area contributed by atoms with Crippen LogP contribution in [0.5, 0.6) is 0 Å². The fourth-order valence-electron chi connectivity index (χ4n) is 4.77. The van der Waals surface area contributed by atoms with Crippen molar-refractivity contribution in [3.63, 3.8) is 0 Å². The molecule has 0 spiro atoms. The van der Waals surface area contributed by atoms with Gasteiger partial charge in [-0.25, -0.2) is 9.78 Å². The highest BCUT2D eigenvalue weighted by molar-refractivity contribution is 5.93. The van der Waals surface area contributed by atoms with E-state index in [0.717, 1.165) is 25.3 Å². The number of rotatable bonds is 3. The van der Waals surface area contributed by atoms with Crippen molar-refractivity contribution < 1.29 is 9.90 Å². The number of anilines is 1. The van der Waals surface area contributed by atoms with Crippen molar-refractivity contribution in [3.8, 4) is 0 Å². The Morgan fingerprint density at radius 1 is 1.12 bits per heavy atom. The van der Waals surface area contributed by atoms with Gasteiger partial charge in [0.2, 0.25) is 0 Å². The first kappa shape index (κ1) is 17.0. The molecular formula is C21H25N3O2. The van der Waals surface area contributed by atoms with Crippen molar-refractivity contribution in [3.05, 3.63) is 58.8 Å². The predicted octanol–water partition coefficient (Wildman–Crippen LogP) is 3.14. The first-order valence-electron chi connectivity index (χ1n) is 9.17. The molecule has 136 valence electrons. The molecule has 4 rings (SSSR count). The van der Waals surface area contributed by atoms with Crippen molar-refractivity contribution >= 4 is 11.8 Å². The lowest BCUT2D eigenvalue weighted by atomic mass is 9.88. The molecule has 0 saturated carbocycles. The number of hydrogen-bond acceptors (Lipinski definition) is 4. The van der Waals surface area contributed by atoms with Gasteiger partial charge in [-0.3, -0.25) is 4.90 Å². The molecule has 2 fully saturated rings. The van der Waals surface area contributed by atoms with Gasteiger partial charge in [-0.15, -0.1) is 0 Å². The first-order valence-corrected chi connectivity index (χ1v) is 9.17. The molecule has 3 atom stereocenters. The van der Waals surface area contributed by atoms with E-state index in [4.69, 9.17) is 0 Å². The zero-order valence-electron chi connectivity index (χ0n) is 15.5. The number of carboxylic acid groups (broad SMARTS) is 1. The molecule has 0 unspecified atom stereocenters. The van der Waals surface area contributed by atoms with Gasteiger partial charge in [-0.05, 0) is 50.1 Å². The van der Waals surface area contributed by atoms with E-state index in [1.54, 1.807) is 12.1 Å². The summed E-state index contributed by atoms with van der Waals surface area (Å²) in [6.45, 7) is 6.84. The number of carboxylic acids is 1. The summed E-state index contributed by atoms with van der Waals surface area (Å²) in [4.78, 5) is 20.9. The minimum Gasteiger partial charge on any atom is -0.478 e. The molecule has 26 heavy (non-hydrogen) atoms. The van der Waals surface area contributed by atoms with Gasteiger partial charge in [0.15, 0.2) is 0 Å². The second-order valence-corrected chi connectivity index (χ2v) is 7.70. The molecule has 3 heterocycles. The summed E-state index contributed by atoms with van der Waals surface area (Å²) >= 11 is 0. The first-order chi connectivity index (χ1) is 12.5. The van der Waals surface area contributed by atoms with Crippen LogP contribution in [0.25, 0.3) is 0 Å². The van der Waals surface area contributed by atoms with Gasteiger partial charge >= 0.3 is 5.97 Å². The lowest BCUT2D eigenvalue weighted by molar-refractivity contribution is 0.0697. The average molecular weight is 351 g/mol. The smallest absolute Gasteiger partial charge is 0.339 e. The number of nitrogens with zero attached hydrogens (tertiary/aromatic N) is 3. The second kappa shape index (κ2) is 6.40. The highest BCUT2D eigenvalue weighted by Crippen LogP contribution is 2.45. The fraction of sp³-hybridized carbons (Fsp3) is 0.429.